The van der Waals surface area contributed by atoms with Gasteiger partial charge in [0.05, 0.1) is 6.54 Å². The predicted octanol–water partition coefficient (Wildman–Crippen LogP) is 2.82. The summed E-state index contributed by atoms with van der Waals surface area (Å²) in [5, 5.41) is 5.33. The van der Waals surface area contributed by atoms with Crippen molar-refractivity contribution >= 4 is 16.9 Å². The minimum absolute atomic E-state index is 0.638. The summed E-state index contributed by atoms with van der Waals surface area (Å²) < 4.78 is 0. The number of nitrogens with zero attached hydrogens (tertiary/aromatic N) is 2. The fourth-order valence-electron chi connectivity index (χ4n) is 1.95. The smallest absolute Gasteiger partial charge is 0.156 e. The van der Waals surface area contributed by atoms with E-state index in [1.807, 2.05) is 11.8 Å². The third-order valence-corrected chi connectivity index (χ3v) is 4.47. The number of aliphatic imine (C=N–C) groups is 1. The highest BCUT2D eigenvalue weighted by Crippen LogP contribution is 2.25. The minimum Gasteiger partial charge on any atom is -0.365 e. The van der Waals surface area contributed by atoms with E-state index in [1.54, 1.807) is 0 Å². The SMILES string of the molecule is CC(C)CC1CN=C(NCCCN(C)C(C)C)S1. The van der Waals surface area contributed by atoms with Gasteiger partial charge in [-0.3, -0.25) is 4.99 Å². The predicted molar refractivity (Wildman–Crippen MR) is 83.5 cm³/mol. The second-order valence-electron chi connectivity index (χ2n) is 5.87. The Bertz CT molecular complexity index is 264. The largest absolute Gasteiger partial charge is 0.365 e. The number of hydrogen-bond acceptors (Lipinski definition) is 4. The van der Waals surface area contributed by atoms with Crippen LogP contribution in [-0.4, -0.2) is 48.0 Å². The Balaban J connectivity index is 2.07. The van der Waals surface area contributed by atoms with E-state index in [9.17, 15) is 0 Å². The first-order valence-corrected chi connectivity index (χ1v) is 8.02. The van der Waals surface area contributed by atoms with Crippen LogP contribution in [0.25, 0.3) is 0 Å². The van der Waals surface area contributed by atoms with Gasteiger partial charge in [-0.2, -0.15) is 0 Å². The molecule has 1 aliphatic rings. The zero-order valence-corrected chi connectivity index (χ0v) is 13.4. The Labute approximate surface area is 117 Å². The molecule has 4 heteroatoms. The second-order valence-corrected chi connectivity index (χ2v) is 7.16. The van der Waals surface area contributed by atoms with E-state index in [-0.39, 0.29) is 0 Å². The molecule has 0 fully saturated rings. The summed E-state index contributed by atoms with van der Waals surface area (Å²) in [6.45, 7) is 12.2. The van der Waals surface area contributed by atoms with Crippen LogP contribution in [0.15, 0.2) is 4.99 Å². The molecule has 0 bridgehead atoms. The molecule has 0 aromatic carbocycles. The average molecular weight is 271 g/mol. The zero-order chi connectivity index (χ0) is 13.5. The lowest BCUT2D eigenvalue weighted by atomic mass is 10.1. The lowest BCUT2D eigenvalue weighted by Gasteiger charge is -2.20. The van der Waals surface area contributed by atoms with Gasteiger partial charge in [0.15, 0.2) is 5.17 Å². The number of amidine groups is 1. The van der Waals surface area contributed by atoms with E-state index in [0.29, 0.717) is 11.3 Å². The number of nitrogens with one attached hydrogen (secondary N) is 1. The molecule has 0 spiro atoms. The van der Waals surface area contributed by atoms with Crippen molar-refractivity contribution < 1.29 is 0 Å². The van der Waals surface area contributed by atoms with Crippen LogP contribution in [0.3, 0.4) is 0 Å². The molecule has 18 heavy (non-hydrogen) atoms. The topological polar surface area (TPSA) is 27.6 Å². The monoisotopic (exact) mass is 271 g/mol. The van der Waals surface area contributed by atoms with Crippen LogP contribution in [-0.2, 0) is 0 Å². The highest BCUT2D eigenvalue weighted by molar-refractivity contribution is 8.14. The summed E-state index contributed by atoms with van der Waals surface area (Å²) in [5.41, 5.74) is 0. The van der Waals surface area contributed by atoms with Crippen molar-refractivity contribution in [3.63, 3.8) is 0 Å². The van der Waals surface area contributed by atoms with Crippen molar-refractivity contribution in [1.82, 2.24) is 10.2 Å². The summed E-state index contributed by atoms with van der Waals surface area (Å²) in [5.74, 6) is 0.775. The van der Waals surface area contributed by atoms with Gasteiger partial charge < -0.3 is 10.2 Å². The van der Waals surface area contributed by atoms with E-state index < -0.39 is 0 Å². The highest BCUT2D eigenvalue weighted by Gasteiger charge is 2.19. The van der Waals surface area contributed by atoms with Gasteiger partial charge in [0.2, 0.25) is 0 Å². The van der Waals surface area contributed by atoms with Gasteiger partial charge in [0.25, 0.3) is 0 Å². The van der Waals surface area contributed by atoms with E-state index in [2.05, 4.69) is 50.0 Å². The molecule has 0 aromatic rings. The molecule has 0 aliphatic carbocycles. The minimum atomic E-state index is 0.638. The molecule has 1 rings (SSSR count). The summed E-state index contributed by atoms with van der Waals surface area (Å²) in [7, 11) is 2.19. The molecule has 1 unspecified atom stereocenters. The highest BCUT2D eigenvalue weighted by atomic mass is 32.2. The quantitative estimate of drug-likeness (QED) is 0.722. The number of hydrogen-bond donors (Lipinski definition) is 1. The van der Waals surface area contributed by atoms with Crippen LogP contribution in [0.1, 0.15) is 40.5 Å². The second kappa shape index (κ2) is 8.05. The Morgan fingerprint density at radius 3 is 2.72 bits per heavy atom. The normalized spacial score (nSPS) is 20.0. The molecule has 3 nitrogen and oxygen atoms in total. The molecular weight excluding hydrogens is 242 g/mol. The Morgan fingerprint density at radius 2 is 2.11 bits per heavy atom. The summed E-state index contributed by atoms with van der Waals surface area (Å²) in [4.78, 5) is 6.96. The Kier molecular flexibility index (Phi) is 7.08. The fraction of sp³-hybridized carbons (Fsp3) is 0.929. The maximum atomic E-state index is 4.58. The molecule has 1 heterocycles. The molecule has 0 saturated carbocycles. The van der Waals surface area contributed by atoms with Gasteiger partial charge in [-0.25, -0.2) is 0 Å². The van der Waals surface area contributed by atoms with Crippen molar-refractivity contribution in [2.24, 2.45) is 10.9 Å². The summed E-state index contributed by atoms with van der Waals surface area (Å²) in [6.07, 6.45) is 2.46. The molecule has 1 N–H and O–H groups in total. The van der Waals surface area contributed by atoms with E-state index in [1.165, 1.54) is 12.8 Å². The van der Waals surface area contributed by atoms with Gasteiger partial charge in [-0.15, -0.1) is 0 Å². The van der Waals surface area contributed by atoms with Crippen LogP contribution in [0, 0.1) is 5.92 Å². The van der Waals surface area contributed by atoms with Gasteiger partial charge in [0.1, 0.15) is 0 Å². The van der Waals surface area contributed by atoms with E-state index in [4.69, 9.17) is 0 Å². The molecular formula is C14H29N3S. The van der Waals surface area contributed by atoms with Crippen LogP contribution in [0.2, 0.25) is 0 Å². The van der Waals surface area contributed by atoms with Crippen molar-refractivity contribution in [3.8, 4) is 0 Å². The molecule has 1 atom stereocenters. The summed E-state index contributed by atoms with van der Waals surface area (Å²) >= 11 is 1.93. The third-order valence-electron chi connectivity index (χ3n) is 3.30. The standard InChI is InChI=1S/C14H29N3S/c1-11(2)9-13-10-16-14(18-13)15-7-6-8-17(5)12(3)4/h11-13H,6-10H2,1-5H3,(H,15,16). The molecule has 0 aromatic heterocycles. The maximum absolute atomic E-state index is 4.58. The van der Waals surface area contributed by atoms with Crippen LogP contribution in [0.4, 0.5) is 0 Å². The van der Waals surface area contributed by atoms with Crippen molar-refractivity contribution in [3.05, 3.63) is 0 Å². The van der Waals surface area contributed by atoms with E-state index >= 15 is 0 Å². The average Bonchev–Trinajstić information content (AvgIpc) is 2.70. The number of rotatable bonds is 7. The van der Waals surface area contributed by atoms with Gasteiger partial charge in [-0.1, -0.05) is 25.6 Å². The molecule has 0 amide bonds. The Hall–Kier alpha value is -0.220. The first kappa shape index (κ1) is 15.8. The van der Waals surface area contributed by atoms with Gasteiger partial charge in [-0.05, 0) is 46.2 Å². The lowest BCUT2D eigenvalue weighted by Crippen LogP contribution is -2.30. The first-order valence-electron chi connectivity index (χ1n) is 7.14. The summed E-state index contributed by atoms with van der Waals surface area (Å²) in [6, 6.07) is 0.638. The molecule has 0 saturated heterocycles. The van der Waals surface area contributed by atoms with Crippen LogP contribution < -0.4 is 5.32 Å². The first-order chi connectivity index (χ1) is 8.49. The van der Waals surface area contributed by atoms with Gasteiger partial charge in [0, 0.05) is 17.8 Å². The fourth-order valence-corrected chi connectivity index (χ4v) is 3.23. The van der Waals surface area contributed by atoms with Crippen LogP contribution in [0.5, 0.6) is 0 Å². The maximum Gasteiger partial charge on any atom is 0.156 e. The lowest BCUT2D eigenvalue weighted by molar-refractivity contribution is 0.271. The van der Waals surface area contributed by atoms with Crippen molar-refractivity contribution in [2.75, 3.05) is 26.7 Å². The van der Waals surface area contributed by atoms with Crippen LogP contribution >= 0.6 is 11.8 Å². The molecule has 1 aliphatic heterocycles. The number of thioether (sulfide) groups is 1. The Morgan fingerprint density at radius 1 is 1.39 bits per heavy atom. The molecule has 106 valence electrons. The van der Waals surface area contributed by atoms with E-state index in [0.717, 1.165) is 30.7 Å². The third kappa shape index (κ3) is 6.10. The van der Waals surface area contributed by atoms with Gasteiger partial charge >= 0.3 is 0 Å². The van der Waals surface area contributed by atoms with Crippen molar-refractivity contribution in [2.45, 2.75) is 51.8 Å². The van der Waals surface area contributed by atoms with Crippen molar-refractivity contribution in [1.29, 1.82) is 0 Å². The molecule has 0 radical (unpaired) electrons. The zero-order valence-electron chi connectivity index (χ0n) is 12.6.